The number of ketones is 1. The van der Waals surface area contributed by atoms with Crippen LogP contribution in [0.5, 0.6) is 0 Å². The Morgan fingerprint density at radius 1 is 1.16 bits per heavy atom. The average Bonchev–Trinajstić information content (AvgIpc) is 2.78. The third-order valence-corrected chi connectivity index (χ3v) is 5.60. The number of alkyl halides is 3. The van der Waals surface area contributed by atoms with Crippen LogP contribution in [0.3, 0.4) is 0 Å². The van der Waals surface area contributed by atoms with Gasteiger partial charge in [0.05, 0.1) is 5.56 Å². The van der Waals surface area contributed by atoms with Crippen LogP contribution in [0.2, 0.25) is 0 Å². The maximum atomic E-state index is 13.7. The molecule has 1 unspecified atom stereocenters. The number of hydrogen-bond acceptors (Lipinski definition) is 5. The molecule has 5 nitrogen and oxygen atoms in total. The van der Waals surface area contributed by atoms with Crippen molar-refractivity contribution in [3.8, 4) is 0 Å². The first-order valence-electron chi connectivity index (χ1n) is 10.3. The van der Waals surface area contributed by atoms with Gasteiger partial charge in [-0.3, -0.25) is 9.78 Å². The van der Waals surface area contributed by atoms with Crippen molar-refractivity contribution >= 4 is 11.6 Å². The van der Waals surface area contributed by atoms with Gasteiger partial charge < -0.3 is 10.2 Å². The Hall–Kier alpha value is -3.26. The lowest BCUT2D eigenvalue weighted by atomic mass is 10.0. The number of nitrogens with zero attached hydrogens (tertiary/aromatic N) is 3. The van der Waals surface area contributed by atoms with Gasteiger partial charge in [0, 0.05) is 46.0 Å². The topological polar surface area (TPSA) is 58.1 Å². The minimum absolute atomic E-state index is 0. The van der Waals surface area contributed by atoms with Gasteiger partial charge in [0.15, 0.2) is 0 Å². The van der Waals surface area contributed by atoms with Crippen LogP contribution in [-0.2, 0) is 6.18 Å². The van der Waals surface area contributed by atoms with Crippen LogP contribution in [0.4, 0.5) is 19.0 Å². The molecule has 32 heavy (non-hydrogen) atoms. The molecule has 2 aromatic heterocycles. The van der Waals surface area contributed by atoms with Gasteiger partial charge in [0.1, 0.15) is 11.5 Å². The second-order valence-corrected chi connectivity index (χ2v) is 7.90. The largest absolute Gasteiger partial charge is 0.418 e. The van der Waals surface area contributed by atoms with E-state index in [9.17, 15) is 18.0 Å². The highest BCUT2D eigenvalue weighted by Gasteiger charge is 2.37. The molecule has 1 aliphatic heterocycles. The molecule has 0 saturated carbocycles. The number of nitrogens with one attached hydrogen (secondary N) is 1. The molecule has 1 aromatic carbocycles. The van der Waals surface area contributed by atoms with Crippen molar-refractivity contribution in [3.63, 3.8) is 0 Å². The van der Waals surface area contributed by atoms with E-state index in [4.69, 9.17) is 0 Å². The van der Waals surface area contributed by atoms with Crippen molar-refractivity contribution in [1.82, 2.24) is 15.3 Å². The van der Waals surface area contributed by atoms with Crippen LogP contribution in [0.25, 0.3) is 0 Å². The maximum absolute atomic E-state index is 13.7. The number of carbonyl (C=O) groups is 1. The fraction of sp³-hybridized carbons (Fsp3) is 0.292. The molecular formula is C24H27F3N4O. The first-order valence-corrected chi connectivity index (χ1v) is 10.3. The molecule has 0 radical (unpaired) electrons. The van der Waals surface area contributed by atoms with Crippen LogP contribution in [0, 0.1) is 13.8 Å². The lowest BCUT2D eigenvalue weighted by Gasteiger charge is -2.35. The van der Waals surface area contributed by atoms with E-state index in [1.165, 1.54) is 24.4 Å². The smallest absolute Gasteiger partial charge is 0.353 e. The molecule has 3 aromatic rings. The Balaban J connectivity index is 0.00000204. The van der Waals surface area contributed by atoms with E-state index in [0.717, 1.165) is 17.2 Å². The van der Waals surface area contributed by atoms with Crippen molar-refractivity contribution in [1.29, 1.82) is 0 Å². The highest BCUT2D eigenvalue weighted by Crippen LogP contribution is 2.34. The number of anilines is 1. The zero-order valence-electron chi connectivity index (χ0n) is 17.8. The molecule has 170 valence electrons. The lowest BCUT2D eigenvalue weighted by molar-refractivity contribution is -0.138. The number of aryl methyl sites for hydroxylation is 2. The van der Waals surface area contributed by atoms with E-state index in [0.29, 0.717) is 31.1 Å². The average molecular weight is 445 g/mol. The summed E-state index contributed by atoms with van der Waals surface area (Å²) >= 11 is 0. The molecule has 0 aliphatic carbocycles. The molecule has 4 rings (SSSR count). The Labute approximate surface area is 187 Å². The van der Waals surface area contributed by atoms with E-state index in [1.54, 1.807) is 6.92 Å². The molecule has 0 spiro atoms. The van der Waals surface area contributed by atoms with E-state index < -0.39 is 23.2 Å². The quantitative estimate of drug-likeness (QED) is 0.575. The maximum Gasteiger partial charge on any atom is 0.418 e. The van der Waals surface area contributed by atoms with Crippen LogP contribution in [0.15, 0.2) is 54.7 Å². The second-order valence-electron chi connectivity index (χ2n) is 7.90. The number of benzene rings is 1. The number of aromatic nitrogens is 2. The Morgan fingerprint density at radius 2 is 1.97 bits per heavy atom. The van der Waals surface area contributed by atoms with E-state index in [2.05, 4.69) is 21.4 Å². The summed E-state index contributed by atoms with van der Waals surface area (Å²) in [5, 5.41) is 3.44. The van der Waals surface area contributed by atoms with Crippen LogP contribution < -0.4 is 10.2 Å². The molecule has 8 heteroatoms. The van der Waals surface area contributed by atoms with Gasteiger partial charge >= 0.3 is 6.18 Å². The highest BCUT2D eigenvalue weighted by atomic mass is 19.4. The predicted molar refractivity (Wildman–Crippen MR) is 120 cm³/mol. The molecule has 1 saturated heterocycles. The molecule has 0 amide bonds. The van der Waals surface area contributed by atoms with Crippen molar-refractivity contribution in [3.05, 3.63) is 88.4 Å². The summed E-state index contributed by atoms with van der Waals surface area (Å²) in [5.74, 6) is -0.433. The first kappa shape index (κ1) is 22.0. The van der Waals surface area contributed by atoms with Gasteiger partial charge in [-0.15, -0.1) is 0 Å². The van der Waals surface area contributed by atoms with Crippen molar-refractivity contribution in [2.45, 2.75) is 26.1 Å². The molecular weight excluding hydrogens is 417 g/mol. The van der Waals surface area contributed by atoms with Gasteiger partial charge in [-0.05, 0) is 43.7 Å². The molecule has 1 fully saturated rings. The number of pyridine rings is 2. The van der Waals surface area contributed by atoms with Gasteiger partial charge in [-0.2, -0.15) is 13.2 Å². The molecule has 0 bridgehead atoms. The van der Waals surface area contributed by atoms with Crippen molar-refractivity contribution < 1.29 is 20.8 Å². The summed E-state index contributed by atoms with van der Waals surface area (Å²) < 4.78 is 41.1. The van der Waals surface area contributed by atoms with Gasteiger partial charge in [-0.1, -0.05) is 29.8 Å². The number of rotatable bonds is 4. The summed E-state index contributed by atoms with van der Waals surface area (Å²) in [7, 11) is 0. The Bertz CT molecular complexity index is 1160. The zero-order chi connectivity index (χ0) is 22.9. The summed E-state index contributed by atoms with van der Waals surface area (Å²) in [6.45, 7) is 5.35. The van der Waals surface area contributed by atoms with Gasteiger partial charge in [0.25, 0.3) is 0 Å². The van der Waals surface area contributed by atoms with Gasteiger partial charge in [0.2, 0.25) is 5.78 Å². The minimum Gasteiger partial charge on any atom is -0.353 e. The zero-order valence-corrected chi connectivity index (χ0v) is 17.8. The molecule has 3 heterocycles. The number of hydrogen-bond donors (Lipinski definition) is 1. The Kier molecular flexibility index (Phi) is 5.97. The third-order valence-electron chi connectivity index (χ3n) is 5.60. The summed E-state index contributed by atoms with van der Waals surface area (Å²) in [4.78, 5) is 23.2. The number of carbonyl (C=O) groups excluding carboxylic acids is 1. The summed E-state index contributed by atoms with van der Waals surface area (Å²) in [6.07, 6.45) is -3.20. The lowest BCUT2D eigenvalue weighted by Crippen LogP contribution is -2.46. The van der Waals surface area contributed by atoms with E-state index in [1.807, 2.05) is 30.0 Å². The SMILES string of the molecule is Cc1cccc(C2CN(c3ccc(C(F)(F)F)c(C(=O)c4cccnc4C)n3)CCN2)c1.[HH].[HH]. The second kappa shape index (κ2) is 8.70. The highest BCUT2D eigenvalue weighted by molar-refractivity contribution is 6.09. The van der Waals surface area contributed by atoms with Crippen LogP contribution in [-0.4, -0.2) is 35.4 Å². The summed E-state index contributed by atoms with van der Waals surface area (Å²) in [5.41, 5.74) is 1.06. The molecule has 1 N–H and O–H groups in total. The number of piperazine rings is 1. The number of halogens is 3. The van der Waals surface area contributed by atoms with Crippen molar-refractivity contribution in [2.75, 3.05) is 24.5 Å². The van der Waals surface area contributed by atoms with Crippen LogP contribution in [0.1, 0.15) is 47.3 Å². The minimum atomic E-state index is -4.69. The predicted octanol–water partition coefficient (Wildman–Crippen LogP) is 4.99. The van der Waals surface area contributed by atoms with E-state index >= 15 is 0 Å². The standard InChI is InChI=1S/C24H23F3N4O.2H2/c1-15-5-3-6-17(13-15)20-14-31(12-11-29-20)21-9-8-19(24(25,26)27)22(30-21)23(32)18-7-4-10-28-16(18)2;;/h3-10,13,20,29H,11-12,14H2,1-2H3;2*1H. The van der Waals surface area contributed by atoms with Crippen LogP contribution >= 0.6 is 0 Å². The fourth-order valence-electron chi connectivity index (χ4n) is 3.95. The van der Waals surface area contributed by atoms with Crippen molar-refractivity contribution in [2.24, 2.45) is 0 Å². The molecule has 1 atom stereocenters. The Morgan fingerprint density at radius 3 is 2.69 bits per heavy atom. The van der Waals surface area contributed by atoms with Gasteiger partial charge in [-0.25, -0.2) is 4.98 Å². The normalized spacial score (nSPS) is 16.8. The summed E-state index contributed by atoms with van der Waals surface area (Å²) in [6, 6.07) is 13.4. The fourth-order valence-corrected chi connectivity index (χ4v) is 3.95. The monoisotopic (exact) mass is 444 g/mol. The molecule has 1 aliphatic rings. The third kappa shape index (κ3) is 4.50. The van der Waals surface area contributed by atoms with E-state index in [-0.39, 0.29) is 14.5 Å². The first-order chi connectivity index (χ1) is 15.2.